The quantitative estimate of drug-likeness (QED) is 0.187. The number of hydrogen-bond donors (Lipinski definition) is 2. The molecule has 0 unspecified atom stereocenters. The summed E-state index contributed by atoms with van der Waals surface area (Å²) in [5.74, 6) is 3.15. The first-order chi connectivity index (χ1) is 16.9. The summed E-state index contributed by atoms with van der Waals surface area (Å²) in [5.41, 5.74) is 5.45. The number of phenolic OH excluding ortho intramolecular Hbond substituents is 1. The third kappa shape index (κ3) is 8.10. The van der Waals surface area contributed by atoms with Crippen LogP contribution in [-0.4, -0.2) is 54.3 Å². The molecule has 0 aliphatic rings. The third-order valence-electron chi connectivity index (χ3n) is 4.81. The molecule has 3 rings (SSSR count). The Balaban J connectivity index is 0.00000114. The van der Waals surface area contributed by atoms with Crippen LogP contribution < -0.4 is 0 Å². The van der Waals surface area contributed by atoms with E-state index in [9.17, 15) is 5.11 Å². The lowest BCUT2D eigenvalue weighted by molar-refractivity contribution is 0.0855. The summed E-state index contributed by atoms with van der Waals surface area (Å²) in [6.07, 6.45) is 9.12. The Morgan fingerprint density at radius 1 is 1.23 bits per heavy atom. The second-order valence-electron chi connectivity index (χ2n) is 7.13. The molecule has 1 aromatic carbocycles. The van der Waals surface area contributed by atoms with Crippen LogP contribution >= 0.6 is 15.9 Å². The van der Waals surface area contributed by atoms with Crippen LogP contribution in [0.4, 0.5) is 0 Å². The number of terminal acetylenes is 1. The summed E-state index contributed by atoms with van der Waals surface area (Å²) in [6, 6.07) is 3.63. The fourth-order valence-corrected chi connectivity index (χ4v) is 3.73. The summed E-state index contributed by atoms with van der Waals surface area (Å²) in [7, 11) is 3.28. The molecule has 2 N–H and O–H groups in total. The van der Waals surface area contributed by atoms with E-state index >= 15 is 0 Å². The zero-order valence-electron chi connectivity index (χ0n) is 21.7. The fraction of sp³-hybridized carbons (Fsp3) is 0.407. The maximum absolute atomic E-state index is 10.0. The van der Waals surface area contributed by atoms with Crippen molar-refractivity contribution in [3.63, 3.8) is 0 Å². The highest BCUT2D eigenvalue weighted by Crippen LogP contribution is 2.37. The van der Waals surface area contributed by atoms with E-state index in [1.165, 1.54) is 0 Å². The van der Waals surface area contributed by atoms with Crippen molar-refractivity contribution in [2.75, 3.05) is 34.0 Å². The van der Waals surface area contributed by atoms with Gasteiger partial charge in [0.15, 0.2) is 5.65 Å². The zero-order valence-corrected chi connectivity index (χ0v) is 23.2. The summed E-state index contributed by atoms with van der Waals surface area (Å²) in [5, 5.41) is 18.1. The first kappa shape index (κ1) is 30.2. The van der Waals surface area contributed by atoms with Crippen LogP contribution in [0.3, 0.4) is 0 Å². The number of rotatable bonds is 9. The maximum Gasteiger partial charge on any atom is 0.156 e. The number of aromatic nitrogens is 3. The third-order valence-corrected chi connectivity index (χ3v) is 5.45. The van der Waals surface area contributed by atoms with E-state index in [0.29, 0.717) is 35.7 Å². The first-order valence-corrected chi connectivity index (χ1v) is 12.2. The molecule has 190 valence electrons. The minimum Gasteiger partial charge on any atom is -0.507 e. The van der Waals surface area contributed by atoms with Gasteiger partial charge in [-0.25, -0.2) is 4.98 Å². The predicted molar refractivity (Wildman–Crippen MR) is 146 cm³/mol. The number of H-pyrrole nitrogens is 1. The van der Waals surface area contributed by atoms with E-state index in [2.05, 4.69) is 45.4 Å². The number of aromatic amines is 1. The summed E-state index contributed by atoms with van der Waals surface area (Å²) in [4.78, 5) is 4.86. The smallest absolute Gasteiger partial charge is 0.156 e. The summed E-state index contributed by atoms with van der Waals surface area (Å²) >= 11 is 3.42. The van der Waals surface area contributed by atoms with E-state index in [1.807, 2.05) is 32.9 Å². The Bertz CT molecular complexity index is 1150. The molecule has 0 fully saturated rings. The van der Waals surface area contributed by atoms with Gasteiger partial charge in [0, 0.05) is 25.2 Å². The SMILES string of the molecule is C#CC.CC.CCc1c(-c2cc(Br)c(O)cc2C)nc2[nH]ncc2c1/C=C(\COC)OCCOC. The van der Waals surface area contributed by atoms with Gasteiger partial charge >= 0.3 is 0 Å². The van der Waals surface area contributed by atoms with Crippen molar-refractivity contribution in [2.24, 2.45) is 0 Å². The number of pyridine rings is 1. The van der Waals surface area contributed by atoms with Gasteiger partial charge in [0.2, 0.25) is 0 Å². The van der Waals surface area contributed by atoms with E-state index in [-0.39, 0.29) is 5.75 Å². The number of halogens is 1. The van der Waals surface area contributed by atoms with E-state index in [0.717, 1.165) is 39.8 Å². The number of hydrogen-bond acceptors (Lipinski definition) is 6. The Morgan fingerprint density at radius 3 is 2.51 bits per heavy atom. The highest BCUT2D eigenvalue weighted by atomic mass is 79.9. The number of ether oxygens (including phenoxy) is 3. The highest BCUT2D eigenvalue weighted by molar-refractivity contribution is 9.10. The number of methoxy groups -OCH3 is 2. The predicted octanol–water partition coefficient (Wildman–Crippen LogP) is 6.28. The van der Waals surface area contributed by atoms with Crippen LogP contribution in [0, 0.1) is 19.3 Å². The molecule has 0 radical (unpaired) electrons. The van der Waals surface area contributed by atoms with Crippen LogP contribution in [-0.2, 0) is 20.6 Å². The number of phenols is 1. The van der Waals surface area contributed by atoms with Crippen LogP contribution in [0.15, 0.2) is 28.6 Å². The first-order valence-electron chi connectivity index (χ1n) is 11.5. The molecule has 0 spiro atoms. The van der Waals surface area contributed by atoms with Gasteiger partial charge in [-0.2, -0.15) is 5.10 Å². The molecule has 2 aromatic heterocycles. The molecule has 0 aliphatic carbocycles. The highest BCUT2D eigenvalue weighted by Gasteiger charge is 2.19. The Labute approximate surface area is 217 Å². The topological polar surface area (TPSA) is 89.5 Å². The van der Waals surface area contributed by atoms with Gasteiger partial charge in [0.05, 0.1) is 23.0 Å². The molecule has 0 saturated heterocycles. The zero-order chi connectivity index (χ0) is 26.4. The van der Waals surface area contributed by atoms with Crippen molar-refractivity contribution in [1.29, 1.82) is 0 Å². The molecular weight excluding hydrogens is 510 g/mol. The van der Waals surface area contributed by atoms with Crippen LogP contribution in [0.2, 0.25) is 0 Å². The Kier molecular flexibility index (Phi) is 13.7. The minimum atomic E-state index is 0.200. The van der Waals surface area contributed by atoms with Gasteiger partial charge in [-0.05, 0) is 71.1 Å². The summed E-state index contributed by atoms with van der Waals surface area (Å²) in [6.45, 7) is 11.0. The van der Waals surface area contributed by atoms with Crippen molar-refractivity contribution < 1.29 is 19.3 Å². The molecule has 0 saturated carbocycles. The Hall–Kier alpha value is -2.86. The number of aryl methyl sites for hydroxylation is 1. The number of benzene rings is 1. The molecule has 2 heterocycles. The molecule has 8 heteroatoms. The van der Waals surface area contributed by atoms with Gasteiger partial charge in [-0.3, -0.25) is 5.10 Å². The van der Waals surface area contributed by atoms with Crippen LogP contribution in [0.5, 0.6) is 5.75 Å². The number of fused-ring (bicyclic) bond motifs is 1. The van der Waals surface area contributed by atoms with Crippen molar-refractivity contribution in [3.8, 4) is 29.4 Å². The molecule has 0 atom stereocenters. The van der Waals surface area contributed by atoms with E-state index in [4.69, 9.17) is 19.2 Å². The molecule has 35 heavy (non-hydrogen) atoms. The van der Waals surface area contributed by atoms with Crippen LogP contribution in [0.1, 0.15) is 44.4 Å². The monoisotopic (exact) mass is 545 g/mol. The van der Waals surface area contributed by atoms with Gasteiger partial charge < -0.3 is 19.3 Å². The summed E-state index contributed by atoms with van der Waals surface area (Å²) < 4.78 is 16.9. The standard InChI is InChI=1S/C22H26BrN3O4.C3H4.C2H6/c1-5-15-17(9-14(12-29-4)30-7-6-28-3)18-11-24-26-22(18)25-21(15)16-10-19(23)20(27)8-13(16)2;1-3-2;1-2/h8-11,27H,5-7,12H2,1-4H3,(H,24,25,26);1H,2H3;1-2H3/b14-9+;;. The average Bonchev–Trinajstić information content (AvgIpc) is 3.32. The molecule has 0 aliphatic heterocycles. The van der Waals surface area contributed by atoms with Gasteiger partial charge in [0.1, 0.15) is 24.7 Å². The number of nitrogens with zero attached hydrogens (tertiary/aromatic N) is 2. The van der Waals surface area contributed by atoms with Crippen molar-refractivity contribution in [3.05, 3.63) is 45.3 Å². The average molecular weight is 547 g/mol. The van der Waals surface area contributed by atoms with Crippen molar-refractivity contribution in [2.45, 2.75) is 41.0 Å². The van der Waals surface area contributed by atoms with Crippen molar-refractivity contribution >= 4 is 33.0 Å². The minimum absolute atomic E-state index is 0.200. The molecule has 7 nitrogen and oxygen atoms in total. The van der Waals surface area contributed by atoms with E-state index < -0.39 is 0 Å². The van der Waals surface area contributed by atoms with Crippen molar-refractivity contribution in [1.82, 2.24) is 15.2 Å². The number of aromatic hydroxyl groups is 1. The number of nitrogens with one attached hydrogen (secondary N) is 1. The molecular formula is C27H36BrN3O4. The van der Waals surface area contributed by atoms with Crippen LogP contribution in [0.25, 0.3) is 28.4 Å². The lowest BCUT2D eigenvalue weighted by Crippen LogP contribution is -2.06. The van der Waals surface area contributed by atoms with Gasteiger partial charge in [0.25, 0.3) is 0 Å². The normalized spacial score (nSPS) is 10.7. The maximum atomic E-state index is 10.0. The van der Waals surface area contributed by atoms with Gasteiger partial charge in [-0.15, -0.1) is 12.3 Å². The lowest BCUT2D eigenvalue weighted by Gasteiger charge is -2.16. The van der Waals surface area contributed by atoms with Gasteiger partial charge in [-0.1, -0.05) is 20.8 Å². The van der Waals surface area contributed by atoms with E-state index in [1.54, 1.807) is 33.4 Å². The molecule has 0 amide bonds. The largest absolute Gasteiger partial charge is 0.507 e. The second-order valence-corrected chi connectivity index (χ2v) is 7.98. The lowest BCUT2D eigenvalue weighted by atomic mass is 9.94. The fourth-order valence-electron chi connectivity index (χ4n) is 3.38. The Morgan fingerprint density at radius 2 is 1.91 bits per heavy atom. The molecule has 3 aromatic rings. The second kappa shape index (κ2) is 15.9. The molecule has 0 bridgehead atoms.